The molecule has 2 aromatic heterocycles. The van der Waals surface area contributed by atoms with Crippen LogP contribution < -0.4 is 4.74 Å². The Hall–Kier alpha value is -2.69. The van der Waals surface area contributed by atoms with E-state index in [1.807, 2.05) is 44.2 Å². The molecule has 0 aliphatic rings. The predicted octanol–water partition coefficient (Wildman–Crippen LogP) is 3.51. The van der Waals surface area contributed by atoms with E-state index in [1.54, 1.807) is 12.4 Å². The first-order valence-electron chi connectivity index (χ1n) is 6.75. The molecule has 3 aromatic rings. The van der Waals surface area contributed by atoms with Gasteiger partial charge in [-0.05, 0) is 43.7 Å². The largest absolute Gasteiger partial charge is 0.494 e. The molecule has 0 N–H and O–H groups in total. The van der Waals surface area contributed by atoms with Gasteiger partial charge in [0, 0.05) is 23.5 Å². The Morgan fingerprint density at radius 1 is 1.00 bits per heavy atom. The van der Waals surface area contributed by atoms with E-state index in [0.29, 0.717) is 18.4 Å². The SMILES string of the molecule is CCOc1cc(-c2nnc(-c3ccncc3)o2)ccc1C. The fraction of sp³-hybridized carbons (Fsp3) is 0.188. The van der Waals surface area contributed by atoms with Crippen LogP contribution in [0.3, 0.4) is 0 Å². The van der Waals surface area contributed by atoms with E-state index in [-0.39, 0.29) is 0 Å². The number of pyridine rings is 1. The second-order valence-corrected chi connectivity index (χ2v) is 4.56. The van der Waals surface area contributed by atoms with Gasteiger partial charge in [-0.1, -0.05) is 6.07 Å². The molecule has 0 fully saturated rings. The van der Waals surface area contributed by atoms with Gasteiger partial charge in [0.05, 0.1) is 6.61 Å². The first-order chi connectivity index (χ1) is 10.3. The zero-order valence-corrected chi connectivity index (χ0v) is 11.9. The van der Waals surface area contributed by atoms with Crippen LogP contribution in [0.4, 0.5) is 0 Å². The Balaban J connectivity index is 1.95. The highest BCUT2D eigenvalue weighted by Gasteiger charge is 2.12. The molecule has 21 heavy (non-hydrogen) atoms. The molecule has 0 amide bonds. The zero-order valence-electron chi connectivity index (χ0n) is 11.9. The summed E-state index contributed by atoms with van der Waals surface area (Å²) in [7, 11) is 0. The second-order valence-electron chi connectivity index (χ2n) is 4.56. The van der Waals surface area contributed by atoms with E-state index < -0.39 is 0 Å². The Bertz CT molecular complexity index is 738. The van der Waals surface area contributed by atoms with Gasteiger partial charge in [0.25, 0.3) is 0 Å². The maximum atomic E-state index is 5.72. The molecular formula is C16H15N3O2. The van der Waals surface area contributed by atoms with Crippen molar-refractivity contribution in [1.82, 2.24) is 15.2 Å². The zero-order chi connectivity index (χ0) is 14.7. The van der Waals surface area contributed by atoms with Gasteiger partial charge in [0.15, 0.2) is 0 Å². The molecule has 0 spiro atoms. The minimum atomic E-state index is 0.475. The number of hydrogen-bond acceptors (Lipinski definition) is 5. The molecular weight excluding hydrogens is 266 g/mol. The fourth-order valence-corrected chi connectivity index (χ4v) is 2.00. The Labute approximate surface area is 122 Å². The third kappa shape index (κ3) is 2.76. The van der Waals surface area contributed by atoms with E-state index >= 15 is 0 Å². The summed E-state index contributed by atoms with van der Waals surface area (Å²) in [5, 5.41) is 8.18. The third-order valence-corrected chi connectivity index (χ3v) is 3.09. The summed E-state index contributed by atoms with van der Waals surface area (Å²) in [5.74, 6) is 1.78. The molecule has 3 rings (SSSR count). The molecule has 106 valence electrons. The number of nitrogens with zero attached hydrogens (tertiary/aromatic N) is 3. The van der Waals surface area contributed by atoms with Gasteiger partial charge in [0.1, 0.15) is 5.75 Å². The minimum absolute atomic E-state index is 0.475. The van der Waals surface area contributed by atoms with Crippen molar-refractivity contribution < 1.29 is 9.15 Å². The van der Waals surface area contributed by atoms with Crippen LogP contribution in [-0.2, 0) is 0 Å². The van der Waals surface area contributed by atoms with Crippen molar-refractivity contribution in [3.05, 3.63) is 48.3 Å². The van der Waals surface area contributed by atoms with Gasteiger partial charge in [-0.25, -0.2) is 0 Å². The maximum absolute atomic E-state index is 5.72. The van der Waals surface area contributed by atoms with Crippen LogP contribution in [0.25, 0.3) is 22.9 Å². The number of rotatable bonds is 4. The number of hydrogen-bond donors (Lipinski definition) is 0. The molecule has 0 saturated carbocycles. The summed E-state index contributed by atoms with van der Waals surface area (Å²) < 4.78 is 11.3. The van der Waals surface area contributed by atoms with Crippen molar-refractivity contribution in [3.8, 4) is 28.7 Å². The highest BCUT2D eigenvalue weighted by Crippen LogP contribution is 2.28. The molecule has 0 saturated heterocycles. The highest BCUT2D eigenvalue weighted by atomic mass is 16.5. The standard InChI is InChI=1S/C16H15N3O2/c1-3-20-14-10-13(5-4-11(14)2)16-19-18-15(21-16)12-6-8-17-9-7-12/h4-10H,3H2,1-2H3. The van der Waals surface area contributed by atoms with Gasteiger partial charge >= 0.3 is 0 Å². The summed E-state index contributed by atoms with van der Waals surface area (Å²) in [4.78, 5) is 3.97. The number of benzene rings is 1. The monoisotopic (exact) mass is 281 g/mol. The lowest BCUT2D eigenvalue weighted by Gasteiger charge is -2.07. The lowest BCUT2D eigenvalue weighted by molar-refractivity contribution is 0.338. The van der Waals surface area contributed by atoms with Gasteiger partial charge in [-0.3, -0.25) is 4.98 Å². The van der Waals surface area contributed by atoms with E-state index in [9.17, 15) is 0 Å². The molecule has 0 bridgehead atoms. The molecule has 0 radical (unpaired) electrons. The number of aryl methyl sites for hydroxylation is 1. The Morgan fingerprint density at radius 3 is 2.43 bits per heavy atom. The average Bonchev–Trinajstić information content (AvgIpc) is 3.00. The normalized spacial score (nSPS) is 10.6. The molecule has 5 nitrogen and oxygen atoms in total. The van der Waals surface area contributed by atoms with Crippen molar-refractivity contribution in [2.45, 2.75) is 13.8 Å². The van der Waals surface area contributed by atoms with Crippen LogP contribution in [0.15, 0.2) is 47.1 Å². The van der Waals surface area contributed by atoms with Crippen LogP contribution in [0.1, 0.15) is 12.5 Å². The van der Waals surface area contributed by atoms with Crippen molar-refractivity contribution in [2.75, 3.05) is 6.61 Å². The Kier molecular flexibility index (Phi) is 3.64. The molecule has 0 unspecified atom stereocenters. The number of aromatic nitrogens is 3. The van der Waals surface area contributed by atoms with E-state index in [0.717, 1.165) is 22.4 Å². The molecule has 5 heteroatoms. The van der Waals surface area contributed by atoms with Gasteiger partial charge < -0.3 is 9.15 Å². The van der Waals surface area contributed by atoms with Crippen LogP contribution in [0.2, 0.25) is 0 Å². The lowest BCUT2D eigenvalue weighted by Crippen LogP contribution is -1.94. The van der Waals surface area contributed by atoms with Gasteiger partial charge in [0.2, 0.25) is 11.8 Å². The van der Waals surface area contributed by atoms with Crippen molar-refractivity contribution >= 4 is 0 Å². The summed E-state index contributed by atoms with van der Waals surface area (Å²) in [5.41, 5.74) is 2.77. The van der Waals surface area contributed by atoms with Crippen LogP contribution >= 0.6 is 0 Å². The van der Waals surface area contributed by atoms with Gasteiger partial charge in [-0.15, -0.1) is 10.2 Å². The quantitative estimate of drug-likeness (QED) is 0.732. The summed E-state index contributed by atoms with van der Waals surface area (Å²) in [6.07, 6.45) is 3.39. The predicted molar refractivity (Wildman–Crippen MR) is 78.9 cm³/mol. The minimum Gasteiger partial charge on any atom is -0.494 e. The van der Waals surface area contributed by atoms with E-state index in [1.165, 1.54) is 0 Å². The van der Waals surface area contributed by atoms with Gasteiger partial charge in [-0.2, -0.15) is 0 Å². The molecule has 0 aliphatic carbocycles. The van der Waals surface area contributed by atoms with Crippen molar-refractivity contribution in [2.24, 2.45) is 0 Å². The topological polar surface area (TPSA) is 61.0 Å². The summed E-state index contributed by atoms with van der Waals surface area (Å²) in [6, 6.07) is 9.51. The average molecular weight is 281 g/mol. The molecule has 0 atom stereocenters. The Morgan fingerprint density at radius 2 is 1.71 bits per heavy atom. The second kappa shape index (κ2) is 5.75. The smallest absolute Gasteiger partial charge is 0.248 e. The van der Waals surface area contributed by atoms with E-state index in [2.05, 4.69) is 15.2 Å². The molecule has 1 aromatic carbocycles. The third-order valence-electron chi connectivity index (χ3n) is 3.09. The van der Waals surface area contributed by atoms with E-state index in [4.69, 9.17) is 9.15 Å². The van der Waals surface area contributed by atoms with Crippen LogP contribution in [-0.4, -0.2) is 21.8 Å². The number of ether oxygens (including phenoxy) is 1. The lowest BCUT2D eigenvalue weighted by atomic mass is 10.1. The maximum Gasteiger partial charge on any atom is 0.248 e. The first-order valence-corrected chi connectivity index (χ1v) is 6.75. The molecule has 0 aliphatic heterocycles. The van der Waals surface area contributed by atoms with Crippen LogP contribution in [0, 0.1) is 6.92 Å². The fourth-order valence-electron chi connectivity index (χ4n) is 2.00. The first kappa shape index (κ1) is 13.3. The summed E-state index contributed by atoms with van der Waals surface area (Å²) in [6.45, 7) is 4.59. The molecule has 2 heterocycles. The van der Waals surface area contributed by atoms with Crippen molar-refractivity contribution in [1.29, 1.82) is 0 Å². The van der Waals surface area contributed by atoms with Crippen molar-refractivity contribution in [3.63, 3.8) is 0 Å². The summed E-state index contributed by atoms with van der Waals surface area (Å²) >= 11 is 0. The van der Waals surface area contributed by atoms with Crippen LogP contribution in [0.5, 0.6) is 5.75 Å². The highest BCUT2D eigenvalue weighted by molar-refractivity contribution is 5.60.